The van der Waals surface area contributed by atoms with Crippen molar-refractivity contribution in [3.05, 3.63) is 11.1 Å². The second kappa shape index (κ2) is 3.15. The first kappa shape index (κ1) is 8.88. The number of hydrogen-bond donors (Lipinski definition) is 1. The van der Waals surface area contributed by atoms with Crippen LogP contribution in [0.1, 0.15) is 20.8 Å². The van der Waals surface area contributed by atoms with Crippen molar-refractivity contribution in [1.29, 1.82) is 0 Å². The van der Waals surface area contributed by atoms with Gasteiger partial charge >= 0.3 is 5.97 Å². The monoisotopic (exact) mass is 142 g/mol. The smallest absolute Gasteiger partial charge is 0.331 e. The maximum atomic E-state index is 10.6. The van der Waals surface area contributed by atoms with Gasteiger partial charge in [-0.2, -0.15) is 0 Å². The lowest BCUT2D eigenvalue weighted by molar-refractivity contribution is -0.133. The molecule has 0 bridgehead atoms. The van der Waals surface area contributed by atoms with Crippen LogP contribution in [0.2, 0.25) is 0 Å². The first-order chi connectivity index (χ1) is 4.46. The van der Waals surface area contributed by atoms with E-state index in [9.17, 15) is 9.59 Å². The largest absolute Gasteiger partial charge is 0.478 e. The van der Waals surface area contributed by atoms with Crippen molar-refractivity contribution in [1.82, 2.24) is 0 Å². The van der Waals surface area contributed by atoms with Gasteiger partial charge in [-0.05, 0) is 20.8 Å². The highest BCUT2D eigenvalue weighted by Crippen LogP contribution is 2.03. The molecular weight excluding hydrogens is 132 g/mol. The van der Waals surface area contributed by atoms with Crippen molar-refractivity contribution in [2.45, 2.75) is 20.8 Å². The molecule has 3 nitrogen and oxygen atoms in total. The number of hydrogen-bond acceptors (Lipinski definition) is 2. The topological polar surface area (TPSA) is 54.4 Å². The second-order valence-corrected chi connectivity index (χ2v) is 2.11. The molecule has 0 aliphatic heterocycles. The zero-order valence-electron chi connectivity index (χ0n) is 6.26. The highest BCUT2D eigenvalue weighted by atomic mass is 16.4. The summed E-state index contributed by atoms with van der Waals surface area (Å²) in [5.74, 6) is -1.23. The van der Waals surface area contributed by atoms with Crippen LogP contribution in [-0.2, 0) is 9.59 Å². The third-order valence-corrected chi connectivity index (χ3v) is 1.41. The fourth-order valence-electron chi connectivity index (χ4n) is 0.424. The van der Waals surface area contributed by atoms with Crippen LogP contribution in [0.25, 0.3) is 0 Å². The Hall–Kier alpha value is -1.12. The van der Waals surface area contributed by atoms with Crippen LogP contribution in [0.5, 0.6) is 0 Å². The molecule has 0 atom stereocenters. The van der Waals surface area contributed by atoms with E-state index in [1.165, 1.54) is 20.8 Å². The van der Waals surface area contributed by atoms with Gasteiger partial charge in [0.25, 0.3) is 0 Å². The highest BCUT2D eigenvalue weighted by Gasteiger charge is 2.07. The minimum Gasteiger partial charge on any atom is -0.478 e. The minimum atomic E-state index is -1.03. The van der Waals surface area contributed by atoms with Gasteiger partial charge in [-0.1, -0.05) is 0 Å². The predicted octanol–water partition coefficient (Wildman–Crippen LogP) is 0.996. The van der Waals surface area contributed by atoms with Gasteiger partial charge < -0.3 is 5.11 Å². The summed E-state index contributed by atoms with van der Waals surface area (Å²) >= 11 is 0. The zero-order valence-corrected chi connectivity index (χ0v) is 6.26. The Morgan fingerprint density at radius 2 is 1.40 bits per heavy atom. The van der Waals surface area contributed by atoms with Gasteiger partial charge in [0.05, 0.1) is 0 Å². The number of carboxylic acid groups (broad SMARTS) is 1. The van der Waals surface area contributed by atoms with Crippen molar-refractivity contribution in [2.75, 3.05) is 0 Å². The summed E-state index contributed by atoms with van der Waals surface area (Å²) in [5.41, 5.74) is 0.431. The first-order valence-electron chi connectivity index (χ1n) is 2.88. The standard InChI is InChI=1S/C7H10O3/c1-4(6(3)8)5(2)7(9)10/h1-3H3,(H,9,10)/b5-4-. The SMILES string of the molecule is CC(=O)/C(C)=C(/C)C(=O)O. The fourth-order valence-corrected chi connectivity index (χ4v) is 0.424. The Labute approximate surface area is 59.4 Å². The van der Waals surface area contributed by atoms with Gasteiger partial charge in [-0.25, -0.2) is 4.79 Å². The molecule has 0 fully saturated rings. The van der Waals surface area contributed by atoms with Gasteiger partial charge in [0.2, 0.25) is 0 Å². The molecule has 0 spiro atoms. The van der Waals surface area contributed by atoms with E-state index in [1.54, 1.807) is 0 Å². The number of ketones is 1. The third kappa shape index (κ3) is 2.01. The van der Waals surface area contributed by atoms with Gasteiger partial charge in [0, 0.05) is 11.1 Å². The maximum absolute atomic E-state index is 10.6. The van der Waals surface area contributed by atoms with E-state index in [1.807, 2.05) is 0 Å². The molecule has 0 rings (SSSR count). The van der Waals surface area contributed by atoms with Crippen LogP contribution >= 0.6 is 0 Å². The number of carbonyl (C=O) groups excluding carboxylic acids is 1. The normalized spacial score (nSPS) is 12.3. The van der Waals surface area contributed by atoms with E-state index in [-0.39, 0.29) is 11.4 Å². The van der Waals surface area contributed by atoms with Crippen molar-refractivity contribution in [3.63, 3.8) is 0 Å². The van der Waals surface area contributed by atoms with E-state index >= 15 is 0 Å². The summed E-state index contributed by atoms with van der Waals surface area (Å²) < 4.78 is 0. The summed E-state index contributed by atoms with van der Waals surface area (Å²) in [4.78, 5) is 20.8. The number of rotatable bonds is 2. The van der Waals surface area contributed by atoms with Crippen LogP contribution in [-0.4, -0.2) is 16.9 Å². The number of carbonyl (C=O) groups is 2. The fraction of sp³-hybridized carbons (Fsp3) is 0.429. The lowest BCUT2D eigenvalue weighted by Gasteiger charge is -1.96. The third-order valence-electron chi connectivity index (χ3n) is 1.41. The molecular formula is C7H10O3. The molecule has 0 aromatic heterocycles. The quantitative estimate of drug-likeness (QED) is 0.585. The highest BCUT2D eigenvalue weighted by molar-refractivity contribution is 6.01. The van der Waals surface area contributed by atoms with E-state index < -0.39 is 5.97 Å². The molecule has 56 valence electrons. The van der Waals surface area contributed by atoms with Crippen molar-refractivity contribution < 1.29 is 14.7 Å². The summed E-state index contributed by atoms with van der Waals surface area (Å²) in [6.07, 6.45) is 0. The molecule has 0 amide bonds. The molecule has 10 heavy (non-hydrogen) atoms. The average Bonchev–Trinajstić information content (AvgIpc) is 1.84. The van der Waals surface area contributed by atoms with E-state index in [0.29, 0.717) is 5.57 Å². The van der Waals surface area contributed by atoms with Gasteiger partial charge in [0.15, 0.2) is 5.78 Å². The Kier molecular flexibility index (Phi) is 2.80. The number of carboxylic acids is 1. The molecule has 0 radical (unpaired) electrons. The average molecular weight is 142 g/mol. The maximum Gasteiger partial charge on any atom is 0.331 e. The Bertz CT molecular complexity index is 179. The number of allylic oxidation sites excluding steroid dienone is 1. The molecule has 0 unspecified atom stereocenters. The molecule has 0 aromatic rings. The zero-order chi connectivity index (χ0) is 8.31. The van der Waals surface area contributed by atoms with E-state index in [2.05, 4.69) is 0 Å². The van der Waals surface area contributed by atoms with Gasteiger partial charge in [-0.15, -0.1) is 0 Å². The van der Waals surface area contributed by atoms with Crippen LogP contribution in [0.3, 0.4) is 0 Å². The molecule has 0 aliphatic rings. The number of Topliss-reactive ketones (excluding diaryl/α,β-unsaturated/α-hetero) is 1. The minimum absolute atomic E-state index is 0.118. The van der Waals surface area contributed by atoms with E-state index in [0.717, 1.165) is 0 Å². The molecule has 0 saturated heterocycles. The summed E-state index contributed by atoms with van der Waals surface area (Å²) in [6.45, 7) is 4.27. The Balaban J connectivity index is 4.67. The predicted molar refractivity (Wildman–Crippen MR) is 36.7 cm³/mol. The molecule has 0 heterocycles. The van der Waals surface area contributed by atoms with Crippen molar-refractivity contribution in [3.8, 4) is 0 Å². The van der Waals surface area contributed by atoms with Crippen molar-refractivity contribution >= 4 is 11.8 Å². The van der Waals surface area contributed by atoms with Crippen molar-refractivity contribution in [2.24, 2.45) is 0 Å². The second-order valence-electron chi connectivity index (χ2n) is 2.11. The van der Waals surface area contributed by atoms with Crippen LogP contribution in [0, 0.1) is 0 Å². The molecule has 1 N–H and O–H groups in total. The lowest BCUT2D eigenvalue weighted by Crippen LogP contribution is -2.04. The van der Waals surface area contributed by atoms with E-state index in [4.69, 9.17) is 5.11 Å². The summed E-state index contributed by atoms with van der Waals surface area (Å²) in [7, 11) is 0. The summed E-state index contributed by atoms with van der Waals surface area (Å²) in [5, 5.41) is 8.39. The Morgan fingerprint density at radius 1 is 1.00 bits per heavy atom. The molecule has 0 saturated carbocycles. The van der Waals surface area contributed by atoms with Crippen LogP contribution < -0.4 is 0 Å². The summed E-state index contributed by atoms with van der Waals surface area (Å²) in [6, 6.07) is 0. The van der Waals surface area contributed by atoms with Crippen LogP contribution in [0.4, 0.5) is 0 Å². The Morgan fingerprint density at radius 3 is 1.50 bits per heavy atom. The number of aliphatic carboxylic acids is 1. The van der Waals surface area contributed by atoms with Gasteiger partial charge in [0.1, 0.15) is 0 Å². The molecule has 0 aromatic carbocycles. The van der Waals surface area contributed by atoms with Gasteiger partial charge in [-0.3, -0.25) is 4.79 Å². The van der Waals surface area contributed by atoms with Crippen LogP contribution in [0.15, 0.2) is 11.1 Å². The molecule has 3 heteroatoms. The lowest BCUT2D eigenvalue weighted by atomic mass is 10.1. The first-order valence-corrected chi connectivity index (χ1v) is 2.88. The molecule has 0 aliphatic carbocycles.